The minimum Gasteiger partial charge on any atom is -0.496 e. The maximum Gasteiger partial charge on any atom is 0.151 e. The van der Waals surface area contributed by atoms with E-state index in [4.69, 9.17) is 4.74 Å². The molecule has 0 aliphatic heterocycles. The summed E-state index contributed by atoms with van der Waals surface area (Å²) in [6, 6.07) is 9.65. The third-order valence-electron chi connectivity index (χ3n) is 2.45. The minimum absolute atomic E-state index is 0.690. The largest absolute Gasteiger partial charge is 0.496 e. The lowest BCUT2D eigenvalue weighted by atomic mass is 10.2. The average molecular weight is 215 g/mol. The van der Waals surface area contributed by atoms with Gasteiger partial charge in [0.15, 0.2) is 6.29 Å². The topological polar surface area (TPSA) is 31.2 Å². The van der Waals surface area contributed by atoms with E-state index in [9.17, 15) is 4.79 Å². The van der Waals surface area contributed by atoms with Gasteiger partial charge in [-0.1, -0.05) is 18.2 Å². The van der Waals surface area contributed by atoms with Gasteiger partial charge in [0.05, 0.1) is 13.7 Å². The summed E-state index contributed by atoms with van der Waals surface area (Å²) in [5.74, 6) is 0.865. The van der Waals surface area contributed by atoms with Crippen molar-refractivity contribution in [3.8, 4) is 5.75 Å². The van der Waals surface area contributed by atoms with Crippen LogP contribution in [-0.4, -0.2) is 18.0 Å². The fourth-order valence-corrected chi connectivity index (χ4v) is 1.66. The normalized spacial score (nSPS) is 10.1. The molecule has 1 aromatic carbocycles. The Balaban J connectivity index is 2.22. The van der Waals surface area contributed by atoms with Crippen LogP contribution in [0.25, 0.3) is 0 Å². The molecule has 82 valence electrons. The predicted octanol–water partition coefficient (Wildman–Crippen LogP) is 2.36. The molecule has 1 heterocycles. The maximum absolute atomic E-state index is 10.6. The van der Waals surface area contributed by atoms with E-state index in [2.05, 4.69) is 0 Å². The molecular weight excluding hydrogens is 202 g/mol. The van der Waals surface area contributed by atoms with Gasteiger partial charge in [-0.2, -0.15) is 0 Å². The van der Waals surface area contributed by atoms with Gasteiger partial charge in [-0.25, -0.2) is 0 Å². The van der Waals surface area contributed by atoms with Gasteiger partial charge in [-0.3, -0.25) is 4.79 Å². The third kappa shape index (κ3) is 2.14. The number of hydrogen-bond acceptors (Lipinski definition) is 2. The predicted molar refractivity (Wildman–Crippen MR) is 61.9 cm³/mol. The summed E-state index contributed by atoms with van der Waals surface area (Å²) in [6.07, 6.45) is 4.55. The highest BCUT2D eigenvalue weighted by Crippen LogP contribution is 2.18. The number of ether oxygens (including phenoxy) is 1. The summed E-state index contributed by atoms with van der Waals surface area (Å²) in [6.45, 7) is 0.706. The van der Waals surface area contributed by atoms with Crippen LogP contribution in [-0.2, 0) is 6.54 Å². The number of aromatic nitrogens is 1. The smallest absolute Gasteiger partial charge is 0.151 e. The summed E-state index contributed by atoms with van der Waals surface area (Å²) >= 11 is 0. The molecule has 0 radical (unpaired) electrons. The standard InChI is InChI=1S/C13H13NO2/c1-16-13-5-3-2-4-12(13)9-14-7-6-11(8-14)10-15/h2-8,10H,9H2,1H3. The Bertz CT molecular complexity index is 488. The monoisotopic (exact) mass is 215 g/mol. The highest BCUT2D eigenvalue weighted by Gasteiger charge is 2.02. The molecule has 1 aromatic heterocycles. The van der Waals surface area contributed by atoms with Gasteiger partial charge in [0, 0.05) is 23.5 Å². The number of carbonyl (C=O) groups excluding carboxylic acids is 1. The Kier molecular flexibility index (Phi) is 3.05. The Morgan fingerprint density at radius 1 is 1.31 bits per heavy atom. The molecule has 0 amide bonds. The highest BCUT2D eigenvalue weighted by atomic mass is 16.5. The zero-order valence-corrected chi connectivity index (χ0v) is 9.09. The van der Waals surface area contributed by atoms with Crippen LogP contribution in [0.15, 0.2) is 42.7 Å². The van der Waals surface area contributed by atoms with Crippen molar-refractivity contribution in [2.75, 3.05) is 7.11 Å². The van der Waals surface area contributed by atoms with E-state index >= 15 is 0 Å². The second-order valence-corrected chi connectivity index (χ2v) is 3.55. The van der Waals surface area contributed by atoms with Crippen molar-refractivity contribution in [3.05, 3.63) is 53.9 Å². The fourth-order valence-electron chi connectivity index (χ4n) is 1.66. The lowest BCUT2D eigenvalue weighted by Gasteiger charge is -2.08. The summed E-state index contributed by atoms with van der Waals surface area (Å²) in [4.78, 5) is 10.6. The van der Waals surface area contributed by atoms with Crippen LogP contribution in [0.4, 0.5) is 0 Å². The van der Waals surface area contributed by atoms with E-state index in [0.717, 1.165) is 17.6 Å². The van der Waals surface area contributed by atoms with Crippen molar-refractivity contribution in [2.24, 2.45) is 0 Å². The van der Waals surface area contributed by atoms with Crippen LogP contribution in [0, 0.1) is 0 Å². The molecule has 0 spiro atoms. The Labute approximate surface area is 94.3 Å². The van der Waals surface area contributed by atoms with Crippen LogP contribution >= 0.6 is 0 Å². The number of carbonyl (C=O) groups is 1. The first kappa shape index (κ1) is 10.5. The lowest BCUT2D eigenvalue weighted by molar-refractivity contribution is 0.112. The molecule has 0 bridgehead atoms. The van der Waals surface area contributed by atoms with Crippen LogP contribution in [0.1, 0.15) is 15.9 Å². The number of aldehydes is 1. The summed E-state index contributed by atoms with van der Waals surface area (Å²) in [7, 11) is 1.66. The van der Waals surface area contributed by atoms with Crippen molar-refractivity contribution >= 4 is 6.29 Å². The molecular formula is C13H13NO2. The first-order valence-electron chi connectivity index (χ1n) is 5.06. The molecule has 0 saturated carbocycles. The summed E-state index contributed by atoms with van der Waals surface area (Å²) in [5.41, 5.74) is 1.79. The van der Waals surface area contributed by atoms with Crippen molar-refractivity contribution < 1.29 is 9.53 Å². The molecule has 3 heteroatoms. The lowest BCUT2D eigenvalue weighted by Crippen LogP contribution is -1.99. The van der Waals surface area contributed by atoms with Crippen molar-refractivity contribution in [3.63, 3.8) is 0 Å². The second-order valence-electron chi connectivity index (χ2n) is 3.55. The van der Waals surface area contributed by atoms with E-state index in [1.807, 2.05) is 41.2 Å². The fraction of sp³-hybridized carbons (Fsp3) is 0.154. The molecule has 0 aliphatic carbocycles. The van der Waals surface area contributed by atoms with Crippen LogP contribution < -0.4 is 4.74 Å². The number of methoxy groups -OCH3 is 1. The molecule has 0 unspecified atom stereocenters. The quantitative estimate of drug-likeness (QED) is 0.733. The SMILES string of the molecule is COc1ccccc1Cn1ccc(C=O)c1. The Morgan fingerprint density at radius 3 is 2.81 bits per heavy atom. The van der Waals surface area contributed by atoms with Crippen LogP contribution in [0.2, 0.25) is 0 Å². The van der Waals surface area contributed by atoms with Gasteiger partial charge in [0.25, 0.3) is 0 Å². The first-order valence-corrected chi connectivity index (χ1v) is 5.06. The zero-order chi connectivity index (χ0) is 11.4. The van der Waals surface area contributed by atoms with E-state index in [1.165, 1.54) is 0 Å². The van der Waals surface area contributed by atoms with Crippen molar-refractivity contribution in [2.45, 2.75) is 6.54 Å². The van der Waals surface area contributed by atoms with Gasteiger partial charge >= 0.3 is 0 Å². The number of para-hydroxylation sites is 1. The van der Waals surface area contributed by atoms with Crippen molar-refractivity contribution in [1.29, 1.82) is 0 Å². The Hall–Kier alpha value is -2.03. The van der Waals surface area contributed by atoms with Gasteiger partial charge in [0.2, 0.25) is 0 Å². The van der Waals surface area contributed by atoms with E-state index in [1.54, 1.807) is 13.2 Å². The van der Waals surface area contributed by atoms with Gasteiger partial charge in [0.1, 0.15) is 5.75 Å². The van der Waals surface area contributed by atoms with Gasteiger partial charge in [-0.05, 0) is 12.1 Å². The molecule has 0 N–H and O–H groups in total. The van der Waals surface area contributed by atoms with Crippen LogP contribution in [0.5, 0.6) is 5.75 Å². The van der Waals surface area contributed by atoms with E-state index < -0.39 is 0 Å². The summed E-state index contributed by atoms with van der Waals surface area (Å²) < 4.78 is 7.23. The maximum atomic E-state index is 10.6. The van der Waals surface area contributed by atoms with Crippen LogP contribution in [0.3, 0.4) is 0 Å². The van der Waals surface area contributed by atoms with E-state index in [0.29, 0.717) is 12.1 Å². The number of nitrogens with zero attached hydrogens (tertiary/aromatic N) is 1. The number of rotatable bonds is 4. The molecule has 2 aromatic rings. The molecule has 0 saturated heterocycles. The molecule has 0 fully saturated rings. The summed E-state index contributed by atoms with van der Waals surface area (Å²) in [5, 5.41) is 0. The van der Waals surface area contributed by atoms with E-state index in [-0.39, 0.29) is 0 Å². The number of benzene rings is 1. The number of hydrogen-bond donors (Lipinski definition) is 0. The molecule has 0 aliphatic rings. The molecule has 3 nitrogen and oxygen atoms in total. The molecule has 16 heavy (non-hydrogen) atoms. The van der Waals surface area contributed by atoms with Crippen molar-refractivity contribution in [1.82, 2.24) is 4.57 Å². The Morgan fingerprint density at radius 2 is 2.12 bits per heavy atom. The first-order chi connectivity index (χ1) is 7.83. The van der Waals surface area contributed by atoms with Gasteiger partial charge in [-0.15, -0.1) is 0 Å². The third-order valence-corrected chi connectivity index (χ3v) is 2.45. The average Bonchev–Trinajstić information content (AvgIpc) is 2.77. The minimum atomic E-state index is 0.690. The second kappa shape index (κ2) is 4.66. The highest BCUT2D eigenvalue weighted by molar-refractivity contribution is 5.74. The zero-order valence-electron chi connectivity index (χ0n) is 9.09. The molecule has 0 atom stereocenters. The molecule has 2 rings (SSSR count). The van der Waals surface area contributed by atoms with Gasteiger partial charge < -0.3 is 9.30 Å².